The van der Waals surface area contributed by atoms with Gasteiger partial charge in [-0.15, -0.1) is 0 Å². The molecule has 1 fully saturated rings. The minimum Gasteiger partial charge on any atom is -0.481 e. The van der Waals surface area contributed by atoms with Crippen LogP contribution in [0, 0.1) is 5.92 Å². The molecule has 0 radical (unpaired) electrons. The summed E-state index contributed by atoms with van der Waals surface area (Å²) in [5, 5.41) is 8.67. The fourth-order valence-electron chi connectivity index (χ4n) is 2.94. The van der Waals surface area contributed by atoms with E-state index in [0.29, 0.717) is 6.54 Å². The molecule has 0 unspecified atom stereocenters. The van der Waals surface area contributed by atoms with Gasteiger partial charge in [-0.1, -0.05) is 6.92 Å². The molecule has 1 N–H and O–H groups in total. The van der Waals surface area contributed by atoms with Gasteiger partial charge in [-0.05, 0) is 24.8 Å². The zero-order valence-electron chi connectivity index (χ0n) is 15.0. The van der Waals surface area contributed by atoms with Gasteiger partial charge < -0.3 is 19.5 Å². The molecule has 0 aromatic carbocycles. The summed E-state index contributed by atoms with van der Waals surface area (Å²) in [6.45, 7) is 4.69. The van der Waals surface area contributed by atoms with E-state index in [9.17, 15) is 14.4 Å². The highest BCUT2D eigenvalue weighted by atomic mass is 16.4. The minimum absolute atomic E-state index is 0.0783. The number of hydrogen-bond donors (Lipinski definition) is 1. The number of aryl methyl sites for hydroxylation is 1. The largest absolute Gasteiger partial charge is 0.481 e. The Morgan fingerprint density at radius 3 is 2.56 bits per heavy atom. The van der Waals surface area contributed by atoms with Gasteiger partial charge in [0.1, 0.15) is 0 Å². The number of nitrogens with zero attached hydrogens (tertiary/aromatic N) is 3. The van der Waals surface area contributed by atoms with Crippen LogP contribution >= 0.6 is 0 Å². The summed E-state index contributed by atoms with van der Waals surface area (Å²) in [6, 6.07) is 3.39. The molecule has 1 saturated heterocycles. The number of rotatable bonds is 7. The number of carbonyl (C=O) groups is 2. The third kappa shape index (κ3) is 5.62. The molecule has 1 amide bonds. The molecule has 138 valence electrons. The molecule has 7 heteroatoms. The Kier molecular flexibility index (Phi) is 6.61. The van der Waals surface area contributed by atoms with E-state index in [1.165, 1.54) is 4.90 Å². The summed E-state index contributed by atoms with van der Waals surface area (Å²) in [5.74, 6) is -0.356. The maximum atomic E-state index is 12.1. The Bertz CT molecular complexity index is 663. The van der Waals surface area contributed by atoms with Gasteiger partial charge in [-0.3, -0.25) is 14.4 Å². The topological polar surface area (TPSA) is 82.9 Å². The van der Waals surface area contributed by atoms with Crippen molar-refractivity contribution in [1.82, 2.24) is 9.47 Å². The number of anilines is 1. The van der Waals surface area contributed by atoms with Crippen molar-refractivity contribution in [3.8, 4) is 0 Å². The van der Waals surface area contributed by atoms with Crippen LogP contribution in [0.5, 0.6) is 0 Å². The van der Waals surface area contributed by atoms with Gasteiger partial charge in [0, 0.05) is 51.9 Å². The van der Waals surface area contributed by atoms with Gasteiger partial charge in [0.25, 0.3) is 5.56 Å². The molecule has 0 aliphatic carbocycles. The second-order valence-corrected chi connectivity index (χ2v) is 6.80. The van der Waals surface area contributed by atoms with Crippen molar-refractivity contribution in [2.45, 2.75) is 39.2 Å². The van der Waals surface area contributed by atoms with Gasteiger partial charge in [0.05, 0.1) is 12.1 Å². The fraction of sp³-hybridized carbons (Fsp3) is 0.611. The summed E-state index contributed by atoms with van der Waals surface area (Å²) in [7, 11) is 1.58. The molecule has 0 spiro atoms. The first-order chi connectivity index (χ1) is 11.9. The van der Waals surface area contributed by atoms with Crippen LogP contribution in [-0.2, 0) is 16.1 Å². The first kappa shape index (κ1) is 19.0. The molecule has 0 atom stereocenters. The summed E-state index contributed by atoms with van der Waals surface area (Å²) in [6.07, 6.45) is 4.21. The van der Waals surface area contributed by atoms with Gasteiger partial charge in [-0.25, -0.2) is 0 Å². The van der Waals surface area contributed by atoms with Gasteiger partial charge in [0.2, 0.25) is 5.91 Å². The Labute approximate surface area is 147 Å². The molecule has 0 bridgehead atoms. The lowest BCUT2D eigenvalue weighted by molar-refractivity contribution is -0.138. The number of aliphatic carboxylic acids is 1. The van der Waals surface area contributed by atoms with Crippen molar-refractivity contribution in [2.75, 3.05) is 31.6 Å². The van der Waals surface area contributed by atoms with Crippen LogP contribution < -0.4 is 10.5 Å². The number of piperidine rings is 1. The number of aromatic nitrogens is 1. The van der Waals surface area contributed by atoms with Crippen LogP contribution in [0.15, 0.2) is 23.1 Å². The first-order valence-electron chi connectivity index (χ1n) is 8.78. The van der Waals surface area contributed by atoms with Crippen molar-refractivity contribution in [3.63, 3.8) is 0 Å². The molecule has 1 aliphatic rings. The average molecular weight is 349 g/mol. The summed E-state index contributed by atoms with van der Waals surface area (Å²) in [5.41, 5.74) is 0.883. The zero-order chi connectivity index (χ0) is 18.4. The number of carbonyl (C=O) groups excluding carboxylic acids is 1. The van der Waals surface area contributed by atoms with E-state index in [4.69, 9.17) is 5.11 Å². The first-order valence-corrected chi connectivity index (χ1v) is 8.78. The molecule has 1 aromatic rings. The molecule has 7 nitrogen and oxygen atoms in total. The predicted molar refractivity (Wildman–Crippen MR) is 95.8 cm³/mol. The van der Waals surface area contributed by atoms with E-state index < -0.39 is 5.97 Å². The fourth-order valence-corrected chi connectivity index (χ4v) is 2.94. The molecular weight excluding hydrogens is 322 g/mol. The molecule has 2 rings (SSSR count). The maximum absolute atomic E-state index is 12.1. The van der Waals surface area contributed by atoms with Crippen molar-refractivity contribution >= 4 is 17.6 Å². The highest BCUT2D eigenvalue weighted by Gasteiger charge is 2.17. The smallest absolute Gasteiger partial charge is 0.305 e. The molecule has 1 aliphatic heterocycles. The van der Waals surface area contributed by atoms with E-state index >= 15 is 0 Å². The van der Waals surface area contributed by atoms with Crippen molar-refractivity contribution in [1.29, 1.82) is 0 Å². The third-order valence-corrected chi connectivity index (χ3v) is 4.77. The SMILES string of the molecule is CC1CCN(c2ccc(=O)n(CCC(=O)N(C)CCC(=O)O)c2)CC1. The Morgan fingerprint density at radius 2 is 1.92 bits per heavy atom. The lowest BCUT2D eigenvalue weighted by atomic mass is 9.99. The Hall–Kier alpha value is -2.31. The normalized spacial score (nSPS) is 15.2. The molecule has 1 aromatic heterocycles. The number of hydrogen-bond acceptors (Lipinski definition) is 4. The van der Waals surface area contributed by atoms with Gasteiger partial charge >= 0.3 is 5.97 Å². The second-order valence-electron chi connectivity index (χ2n) is 6.80. The van der Waals surface area contributed by atoms with Crippen LogP contribution in [-0.4, -0.2) is 53.1 Å². The lowest BCUT2D eigenvalue weighted by Gasteiger charge is -2.32. The average Bonchev–Trinajstić information content (AvgIpc) is 2.59. The van der Waals surface area contributed by atoms with E-state index in [0.717, 1.165) is 37.5 Å². The van der Waals surface area contributed by atoms with Crippen LogP contribution in [0.2, 0.25) is 0 Å². The predicted octanol–water partition coefficient (Wildman–Crippen LogP) is 1.41. The van der Waals surface area contributed by atoms with Crippen LogP contribution in [0.1, 0.15) is 32.6 Å². The van der Waals surface area contributed by atoms with Gasteiger partial charge in [-0.2, -0.15) is 0 Å². The number of carboxylic acid groups (broad SMARTS) is 1. The van der Waals surface area contributed by atoms with Gasteiger partial charge in [0.15, 0.2) is 0 Å². The molecule has 0 saturated carbocycles. The van der Waals surface area contributed by atoms with E-state index in [-0.39, 0.29) is 30.9 Å². The molecular formula is C18H27N3O4. The highest BCUT2D eigenvalue weighted by molar-refractivity contribution is 5.76. The number of pyridine rings is 1. The summed E-state index contributed by atoms with van der Waals surface area (Å²) >= 11 is 0. The van der Waals surface area contributed by atoms with E-state index in [1.807, 2.05) is 12.3 Å². The standard InChI is InChI=1S/C18H27N3O4/c1-14-5-10-20(11-6-14)15-3-4-17(23)21(13-15)12-7-16(22)19(2)9-8-18(24)25/h3-4,13-14H,5-12H2,1-2H3,(H,24,25). The Morgan fingerprint density at radius 1 is 1.24 bits per heavy atom. The Balaban J connectivity index is 1.95. The van der Waals surface area contributed by atoms with Crippen LogP contribution in [0.4, 0.5) is 5.69 Å². The van der Waals surface area contributed by atoms with Crippen molar-refractivity contribution in [2.24, 2.45) is 5.92 Å². The van der Waals surface area contributed by atoms with Crippen molar-refractivity contribution in [3.05, 3.63) is 28.7 Å². The second kappa shape index (κ2) is 8.69. The number of amides is 1. The third-order valence-electron chi connectivity index (χ3n) is 4.77. The summed E-state index contributed by atoms with van der Waals surface area (Å²) < 4.78 is 1.57. The zero-order valence-corrected chi connectivity index (χ0v) is 15.0. The molecule has 2 heterocycles. The molecule has 25 heavy (non-hydrogen) atoms. The van der Waals surface area contributed by atoms with Crippen LogP contribution in [0.25, 0.3) is 0 Å². The quantitative estimate of drug-likeness (QED) is 0.805. The van der Waals surface area contributed by atoms with E-state index in [1.54, 1.807) is 17.7 Å². The van der Waals surface area contributed by atoms with Crippen LogP contribution in [0.3, 0.4) is 0 Å². The monoisotopic (exact) mass is 349 g/mol. The maximum Gasteiger partial charge on any atom is 0.305 e. The van der Waals surface area contributed by atoms with E-state index in [2.05, 4.69) is 11.8 Å². The highest BCUT2D eigenvalue weighted by Crippen LogP contribution is 2.21. The van der Waals surface area contributed by atoms with Crippen molar-refractivity contribution < 1.29 is 14.7 Å². The lowest BCUT2D eigenvalue weighted by Crippen LogP contribution is -2.34. The minimum atomic E-state index is -0.931. The summed E-state index contributed by atoms with van der Waals surface area (Å²) in [4.78, 5) is 38.4. The number of carboxylic acids is 1.